The summed E-state index contributed by atoms with van der Waals surface area (Å²) in [6.07, 6.45) is 3.31. The smallest absolute Gasteiger partial charge is 0.257 e. The predicted octanol–water partition coefficient (Wildman–Crippen LogP) is 3.18. The molecule has 1 amide bonds. The lowest BCUT2D eigenvalue weighted by Crippen LogP contribution is -2.13. The highest BCUT2D eigenvalue weighted by atomic mass is 35.5. The number of rotatable bonds is 2. The summed E-state index contributed by atoms with van der Waals surface area (Å²) < 4.78 is 1.47. The summed E-state index contributed by atoms with van der Waals surface area (Å²) in [5.74, 6) is -0.241. The minimum Gasteiger partial charge on any atom is -0.321 e. The zero-order valence-corrected chi connectivity index (χ0v) is 12.5. The van der Waals surface area contributed by atoms with Gasteiger partial charge in [0.15, 0.2) is 5.65 Å². The van der Waals surface area contributed by atoms with Gasteiger partial charge in [-0.15, -0.1) is 5.10 Å². The van der Waals surface area contributed by atoms with Crippen LogP contribution in [-0.2, 0) is 0 Å². The number of hydrogen-bond donors (Lipinski definition) is 1. The van der Waals surface area contributed by atoms with Gasteiger partial charge in [0.2, 0.25) is 5.28 Å². The molecule has 0 bridgehead atoms. The first-order valence-electron chi connectivity index (χ1n) is 6.88. The first-order chi connectivity index (χ1) is 11.2. The Balaban J connectivity index is 1.70. The quantitative estimate of drug-likeness (QED) is 0.615. The van der Waals surface area contributed by atoms with Gasteiger partial charge in [0, 0.05) is 17.8 Å². The Morgan fingerprint density at radius 2 is 2.04 bits per heavy atom. The molecule has 0 unspecified atom stereocenters. The van der Waals surface area contributed by atoms with E-state index in [4.69, 9.17) is 11.6 Å². The van der Waals surface area contributed by atoms with Gasteiger partial charge in [-0.25, -0.2) is 4.52 Å². The second-order valence-corrected chi connectivity index (χ2v) is 5.27. The molecule has 4 rings (SSSR count). The van der Waals surface area contributed by atoms with Gasteiger partial charge >= 0.3 is 0 Å². The van der Waals surface area contributed by atoms with Crippen LogP contribution in [0.2, 0.25) is 5.28 Å². The highest BCUT2D eigenvalue weighted by Gasteiger charge is 2.10. The molecule has 0 saturated heterocycles. The van der Waals surface area contributed by atoms with Gasteiger partial charge in [-0.2, -0.15) is 4.98 Å². The van der Waals surface area contributed by atoms with Crippen molar-refractivity contribution in [2.75, 3.05) is 5.32 Å². The Kier molecular flexibility index (Phi) is 3.17. The summed E-state index contributed by atoms with van der Waals surface area (Å²) in [6, 6.07) is 12.7. The topological polar surface area (TPSA) is 72.2 Å². The number of carbonyl (C=O) groups is 1. The number of carbonyl (C=O) groups excluding carboxylic acids is 1. The average molecular weight is 324 g/mol. The fourth-order valence-electron chi connectivity index (χ4n) is 2.40. The molecule has 0 radical (unpaired) electrons. The molecule has 0 saturated carbocycles. The summed E-state index contributed by atoms with van der Waals surface area (Å²) in [7, 11) is 0. The maximum atomic E-state index is 12.5. The molecule has 0 aliphatic heterocycles. The van der Waals surface area contributed by atoms with Crippen molar-refractivity contribution in [3.8, 4) is 0 Å². The Morgan fingerprint density at radius 3 is 2.96 bits per heavy atom. The van der Waals surface area contributed by atoms with Crippen LogP contribution in [0, 0.1) is 0 Å². The van der Waals surface area contributed by atoms with Crippen LogP contribution in [0.4, 0.5) is 5.69 Å². The minimum atomic E-state index is -0.241. The maximum Gasteiger partial charge on any atom is 0.257 e. The van der Waals surface area contributed by atoms with Crippen molar-refractivity contribution in [1.29, 1.82) is 0 Å². The van der Waals surface area contributed by atoms with E-state index in [2.05, 4.69) is 20.4 Å². The molecule has 3 heterocycles. The Hall–Kier alpha value is -2.99. The monoisotopic (exact) mass is 323 g/mol. The summed E-state index contributed by atoms with van der Waals surface area (Å²) in [5.41, 5.74) is 2.57. The van der Waals surface area contributed by atoms with E-state index in [1.807, 2.05) is 30.3 Å². The van der Waals surface area contributed by atoms with Gasteiger partial charge in [0.1, 0.15) is 0 Å². The maximum absolute atomic E-state index is 12.5. The lowest BCUT2D eigenvalue weighted by atomic mass is 10.1. The third-order valence-corrected chi connectivity index (χ3v) is 3.62. The van der Waals surface area contributed by atoms with E-state index in [9.17, 15) is 4.79 Å². The molecule has 1 N–H and O–H groups in total. The molecule has 0 aliphatic carbocycles. The normalized spacial score (nSPS) is 11.0. The fourth-order valence-corrected chi connectivity index (χ4v) is 2.57. The molecule has 112 valence electrons. The van der Waals surface area contributed by atoms with Crippen LogP contribution in [0.15, 0.2) is 54.9 Å². The molecule has 4 aromatic rings. The van der Waals surface area contributed by atoms with Gasteiger partial charge < -0.3 is 5.32 Å². The van der Waals surface area contributed by atoms with Crippen molar-refractivity contribution in [2.24, 2.45) is 0 Å². The number of nitrogens with zero attached hydrogens (tertiary/aromatic N) is 4. The number of nitrogens with one attached hydrogen (secondary N) is 1. The van der Waals surface area contributed by atoms with Crippen molar-refractivity contribution in [3.63, 3.8) is 0 Å². The van der Waals surface area contributed by atoms with E-state index in [1.54, 1.807) is 24.5 Å². The second kappa shape index (κ2) is 5.33. The van der Waals surface area contributed by atoms with Gasteiger partial charge in [-0.05, 0) is 48.0 Å². The lowest BCUT2D eigenvalue weighted by Gasteiger charge is -2.08. The lowest BCUT2D eigenvalue weighted by molar-refractivity contribution is 0.102. The third-order valence-electron chi connectivity index (χ3n) is 3.46. The van der Waals surface area contributed by atoms with Gasteiger partial charge in [-0.3, -0.25) is 9.78 Å². The zero-order chi connectivity index (χ0) is 15.8. The number of benzene rings is 1. The van der Waals surface area contributed by atoms with Gasteiger partial charge in [0.05, 0.1) is 16.8 Å². The summed E-state index contributed by atoms with van der Waals surface area (Å²) in [6.45, 7) is 0. The van der Waals surface area contributed by atoms with Crippen molar-refractivity contribution >= 4 is 39.7 Å². The van der Waals surface area contributed by atoms with E-state index in [0.717, 1.165) is 10.9 Å². The average Bonchev–Trinajstić information content (AvgIpc) is 2.94. The van der Waals surface area contributed by atoms with Crippen molar-refractivity contribution in [3.05, 3.63) is 65.7 Å². The number of aromatic nitrogens is 4. The van der Waals surface area contributed by atoms with E-state index in [0.29, 0.717) is 16.9 Å². The highest BCUT2D eigenvalue weighted by molar-refractivity contribution is 6.28. The predicted molar refractivity (Wildman–Crippen MR) is 87.7 cm³/mol. The summed E-state index contributed by atoms with van der Waals surface area (Å²) in [5, 5.41) is 7.92. The van der Waals surface area contributed by atoms with E-state index < -0.39 is 0 Å². The molecule has 23 heavy (non-hydrogen) atoms. The molecule has 0 atom stereocenters. The van der Waals surface area contributed by atoms with Crippen LogP contribution in [0.25, 0.3) is 16.6 Å². The number of hydrogen-bond acceptors (Lipinski definition) is 4. The van der Waals surface area contributed by atoms with E-state index in [1.165, 1.54) is 4.52 Å². The number of pyridine rings is 2. The molecular formula is C16H10ClN5O. The molecule has 3 aromatic heterocycles. The van der Waals surface area contributed by atoms with Crippen LogP contribution >= 0.6 is 11.6 Å². The standard InChI is InChI=1S/C16H10ClN5O/c17-16-20-14-7-6-10(9-22(14)21-16)15(23)19-13-5-1-4-12-11(13)3-2-8-18-12/h1-9H,(H,19,23). The van der Waals surface area contributed by atoms with Crippen LogP contribution < -0.4 is 5.32 Å². The molecule has 0 fully saturated rings. The van der Waals surface area contributed by atoms with Gasteiger partial charge in [0.25, 0.3) is 5.91 Å². The SMILES string of the molecule is O=C(Nc1cccc2ncccc12)c1ccc2nc(Cl)nn2c1. The Labute approximate surface area is 135 Å². The van der Waals surface area contributed by atoms with Crippen LogP contribution in [0.3, 0.4) is 0 Å². The number of anilines is 1. The Bertz CT molecular complexity index is 1040. The fraction of sp³-hybridized carbons (Fsp3) is 0. The third kappa shape index (κ3) is 2.49. The van der Waals surface area contributed by atoms with Crippen LogP contribution in [-0.4, -0.2) is 25.5 Å². The minimum absolute atomic E-state index is 0.141. The van der Waals surface area contributed by atoms with E-state index >= 15 is 0 Å². The largest absolute Gasteiger partial charge is 0.321 e. The molecular weight excluding hydrogens is 314 g/mol. The molecule has 7 heteroatoms. The summed E-state index contributed by atoms with van der Waals surface area (Å²) in [4.78, 5) is 20.8. The number of fused-ring (bicyclic) bond motifs is 2. The molecule has 1 aromatic carbocycles. The summed E-state index contributed by atoms with van der Waals surface area (Å²) >= 11 is 5.76. The molecule has 0 spiro atoms. The van der Waals surface area contributed by atoms with E-state index in [-0.39, 0.29) is 11.2 Å². The molecule has 0 aliphatic rings. The van der Waals surface area contributed by atoms with Crippen molar-refractivity contribution in [1.82, 2.24) is 19.6 Å². The molecule has 6 nitrogen and oxygen atoms in total. The number of amides is 1. The van der Waals surface area contributed by atoms with Crippen molar-refractivity contribution in [2.45, 2.75) is 0 Å². The Morgan fingerprint density at radius 1 is 1.13 bits per heavy atom. The van der Waals surface area contributed by atoms with Gasteiger partial charge in [-0.1, -0.05) is 6.07 Å². The zero-order valence-electron chi connectivity index (χ0n) is 11.8. The van der Waals surface area contributed by atoms with Crippen molar-refractivity contribution < 1.29 is 4.79 Å². The van der Waals surface area contributed by atoms with Crippen LogP contribution in [0.5, 0.6) is 0 Å². The first kappa shape index (κ1) is 13.7. The highest BCUT2D eigenvalue weighted by Crippen LogP contribution is 2.22. The first-order valence-corrected chi connectivity index (χ1v) is 7.25. The second-order valence-electron chi connectivity index (χ2n) is 4.93. The number of halogens is 1. The van der Waals surface area contributed by atoms with Crippen LogP contribution in [0.1, 0.15) is 10.4 Å².